The number of rotatable bonds is 1. The Bertz CT molecular complexity index is 325. The lowest BCUT2D eigenvalue weighted by Gasteiger charge is -2.10. The third kappa shape index (κ3) is 1.65. The van der Waals surface area contributed by atoms with Gasteiger partial charge in [0.25, 0.3) is 0 Å². The molecule has 13 heavy (non-hydrogen) atoms. The van der Waals surface area contributed by atoms with Crippen molar-refractivity contribution in [2.75, 3.05) is 18.1 Å². The normalized spacial score (nSPS) is 16.1. The topological polar surface area (TPSA) is 42.4 Å². The van der Waals surface area contributed by atoms with Gasteiger partial charge in [0.2, 0.25) is 0 Å². The van der Waals surface area contributed by atoms with Crippen LogP contribution in [0, 0.1) is 0 Å². The van der Waals surface area contributed by atoms with Crippen LogP contribution in [0.1, 0.15) is 0 Å². The minimum absolute atomic E-state index is 0.324. The molecule has 68 valence electrons. The monoisotopic (exact) mass is 242 g/mol. The van der Waals surface area contributed by atoms with Crippen molar-refractivity contribution in [2.24, 2.45) is 0 Å². The predicted octanol–water partition coefficient (Wildman–Crippen LogP) is 1.80. The van der Waals surface area contributed by atoms with E-state index in [1.54, 1.807) is 12.3 Å². The van der Waals surface area contributed by atoms with E-state index >= 15 is 0 Å². The van der Waals surface area contributed by atoms with Gasteiger partial charge in [0, 0.05) is 10.7 Å². The van der Waals surface area contributed by atoms with E-state index < -0.39 is 0 Å². The van der Waals surface area contributed by atoms with E-state index in [0.29, 0.717) is 19.0 Å². The number of hydrogen-bond donors (Lipinski definition) is 0. The van der Waals surface area contributed by atoms with Gasteiger partial charge in [0.15, 0.2) is 0 Å². The van der Waals surface area contributed by atoms with Crippen LogP contribution in [0.5, 0.6) is 0 Å². The zero-order valence-electron chi connectivity index (χ0n) is 6.74. The predicted molar refractivity (Wildman–Crippen MR) is 50.6 cm³/mol. The Labute approximate surface area is 83.6 Å². The van der Waals surface area contributed by atoms with Gasteiger partial charge in [-0.3, -0.25) is 4.90 Å². The maximum absolute atomic E-state index is 11.1. The average molecular weight is 243 g/mol. The molecule has 0 saturated carbocycles. The number of anilines is 1. The van der Waals surface area contributed by atoms with E-state index in [2.05, 4.69) is 20.9 Å². The average Bonchev–Trinajstić information content (AvgIpc) is 2.53. The minimum Gasteiger partial charge on any atom is -0.447 e. The molecule has 0 N–H and O–H groups in total. The van der Waals surface area contributed by atoms with Crippen molar-refractivity contribution in [3.8, 4) is 0 Å². The first kappa shape index (κ1) is 8.50. The second-order valence-corrected chi connectivity index (χ2v) is 3.52. The van der Waals surface area contributed by atoms with Gasteiger partial charge in [-0.1, -0.05) is 0 Å². The van der Waals surface area contributed by atoms with E-state index in [0.717, 1.165) is 4.47 Å². The van der Waals surface area contributed by atoms with Gasteiger partial charge in [0.1, 0.15) is 12.4 Å². The Hall–Kier alpha value is -1.10. The summed E-state index contributed by atoms with van der Waals surface area (Å²) >= 11 is 3.27. The van der Waals surface area contributed by atoms with Gasteiger partial charge < -0.3 is 4.74 Å². The molecule has 1 saturated heterocycles. The van der Waals surface area contributed by atoms with Crippen molar-refractivity contribution in [1.29, 1.82) is 0 Å². The number of amides is 1. The van der Waals surface area contributed by atoms with Gasteiger partial charge in [-0.25, -0.2) is 9.78 Å². The molecule has 2 heterocycles. The molecule has 0 spiro atoms. The Morgan fingerprint density at radius 3 is 2.92 bits per heavy atom. The van der Waals surface area contributed by atoms with Crippen LogP contribution in [0.2, 0.25) is 0 Å². The number of pyridine rings is 1. The van der Waals surface area contributed by atoms with Gasteiger partial charge in [-0.2, -0.15) is 0 Å². The van der Waals surface area contributed by atoms with Crippen LogP contribution in [0.3, 0.4) is 0 Å². The summed E-state index contributed by atoms with van der Waals surface area (Å²) in [5.41, 5.74) is 0. The molecule has 1 amide bonds. The molecule has 0 atom stereocenters. The van der Waals surface area contributed by atoms with Crippen LogP contribution in [-0.2, 0) is 4.74 Å². The molecule has 0 unspecified atom stereocenters. The molecule has 1 fully saturated rings. The van der Waals surface area contributed by atoms with Gasteiger partial charge in [-0.15, -0.1) is 0 Å². The van der Waals surface area contributed by atoms with Gasteiger partial charge in [0.05, 0.1) is 6.54 Å². The summed E-state index contributed by atoms with van der Waals surface area (Å²) in [5, 5.41) is 0. The maximum Gasteiger partial charge on any atom is 0.415 e. The molecule has 1 aliphatic heterocycles. The molecule has 0 aliphatic carbocycles. The summed E-state index contributed by atoms with van der Waals surface area (Å²) in [6, 6.07) is 3.62. The summed E-state index contributed by atoms with van der Waals surface area (Å²) in [6.45, 7) is 1.02. The molecular formula is C8H7BrN2O2. The zero-order valence-corrected chi connectivity index (χ0v) is 8.32. The van der Waals surface area contributed by atoms with E-state index in [-0.39, 0.29) is 6.09 Å². The summed E-state index contributed by atoms with van der Waals surface area (Å²) in [5.74, 6) is 0.630. The fraction of sp³-hybridized carbons (Fsp3) is 0.250. The number of carbonyl (C=O) groups is 1. The van der Waals surface area contributed by atoms with Crippen LogP contribution in [0.15, 0.2) is 22.8 Å². The van der Waals surface area contributed by atoms with Crippen LogP contribution < -0.4 is 4.90 Å². The molecule has 1 aliphatic rings. The van der Waals surface area contributed by atoms with Crippen LogP contribution >= 0.6 is 15.9 Å². The highest BCUT2D eigenvalue weighted by molar-refractivity contribution is 9.10. The lowest BCUT2D eigenvalue weighted by atomic mass is 10.4. The van der Waals surface area contributed by atoms with Gasteiger partial charge >= 0.3 is 6.09 Å². The van der Waals surface area contributed by atoms with Crippen LogP contribution in [0.4, 0.5) is 10.6 Å². The zero-order chi connectivity index (χ0) is 9.26. The summed E-state index contributed by atoms with van der Waals surface area (Å²) in [7, 11) is 0. The van der Waals surface area contributed by atoms with Crippen molar-refractivity contribution >= 4 is 27.8 Å². The number of cyclic esters (lactones) is 1. The largest absolute Gasteiger partial charge is 0.447 e. The highest BCUT2D eigenvalue weighted by Gasteiger charge is 2.24. The smallest absolute Gasteiger partial charge is 0.415 e. The fourth-order valence-corrected chi connectivity index (χ4v) is 1.36. The second kappa shape index (κ2) is 3.33. The number of halogens is 1. The number of hydrogen-bond acceptors (Lipinski definition) is 3. The van der Waals surface area contributed by atoms with Gasteiger partial charge in [-0.05, 0) is 28.1 Å². The quantitative estimate of drug-likeness (QED) is 0.755. The standard InChI is InChI=1S/C8H7BrN2O2/c9-6-1-2-7(10-5-6)11-3-4-13-8(11)12/h1-2,5H,3-4H2. The highest BCUT2D eigenvalue weighted by Crippen LogP contribution is 2.17. The Morgan fingerprint density at radius 2 is 2.38 bits per heavy atom. The maximum atomic E-state index is 11.1. The fourth-order valence-electron chi connectivity index (χ4n) is 1.13. The van der Waals surface area contributed by atoms with Crippen LogP contribution in [-0.4, -0.2) is 24.2 Å². The molecule has 0 aromatic carbocycles. The summed E-state index contributed by atoms with van der Waals surface area (Å²) in [4.78, 5) is 16.7. The van der Waals surface area contributed by atoms with E-state index in [4.69, 9.17) is 4.74 Å². The molecule has 1 aromatic heterocycles. The molecule has 1 aromatic rings. The van der Waals surface area contributed by atoms with Crippen molar-refractivity contribution in [3.05, 3.63) is 22.8 Å². The lowest BCUT2D eigenvalue weighted by molar-refractivity contribution is 0.181. The SMILES string of the molecule is O=C1OCCN1c1ccc(Br)cn1. The first-order valence-corrected chi connectivity index (χ1v) is 4.62. The lowest BCUT2D eigenvalue weighted by Crippen LogP contribution is -2.24. The third-order valence-electron chi connectivity index (χ3n) is 1.75. The minimum atomic E-state index is -0.324. The second-order valence-electron chi connectivity index (χ2n) is 2.60. The molecule has 0 radical (unpaired) electrons. The number of aromatic nitrogens is 1. The number of ether oxygens (including phenoxy) is 1. The van der Waals surface area contributed by atoms with Crippen molar-refractivity contribution < 1.29 is 9.53 Å². The Morgan fingerprint density at radius 1 is 1.54 bits per heavy atom. The van der Waals surface area contributed by atoms with Crippen molar-refractivity contribution in [1.82, 2.24) is 4.98 Å². The molecule has 5 heteroatoms. The summed E-state index contributed by atoms with van der Waals surface area (Å²) in [6.07, 6.45) is 1.33. The number of nitrogens with zero attached hydrogens (tertiary/aromatic N) is 2. The van der Waals surface area contributed by atoms with E-state index in [1.165, 1.54) is 4.90 Å². The number of carbonyl (C=O) groups excluding carboxylic acids is 1. The Kier molecular flexibility index (Phi) is 2.18. The summed E-state index contributed by atoms with van der Waals surface area (Å²) < 4.78 is 5.68. The van der Waals surface area contributed by atoms with Crippen LogP contribution in [0.25, 0.3) is 0 Å². The molecule has 2 rings (SSSR count). The Balaban J connectivity index is 2.25. The third-order valence-corrected chi connectivity index (χ3v) is 2.22. The van der Waals surface area contributed by atoms with E-state index in [9.17, 15) is 4.79 Å². The first-order chi connectivity index (χ1) is 6.27. The van der Waals surface area contributed by atoms with E-state index in [1.807, 2.05) is 6.07 Å². The molecule has 0 bridgehead atoms. The van der Waals surface area contributed by atoms with Crippen molar-refractivity contribution in [2.45, 2.75) is 0 Å². The highest BCUT2D eigenvalue weighted by atomic mass is 79.9. The molecular weight excluding hydrogens is 236 g/mol. The first-order valence-electron chi connectivity index (χ1n) is 3.83. The molecule has 4 nitrogen and oxygen atoms in total. The van der Waals surface area contributed by atoms with Crippen molar-refractivity contribution in [3.63, 3.8) is 0 Å².